The van der Waals surface area contributed by atoms with Crippen molar-refractivity contribution in [2.45, 2.75) is 44.2 Å². The first-order chi connectivity index (χ1) is 9.06. The van der Waals surface area contributed by atoms with Crippen molar-refractivity contribution in [2.75, 3.05) is 19.7 Å². The molecule has 1 saturated heterocycles. The lowest BCUT2D eigenvalue weighted by molar-refractivity contribution is -0.147. The number of aliphatic carboxylic acids is 1. The van der Waals surface area contributed by atoms with Crippen molar-refractivity contribution in [1.29, 1.82) is 0 Å². The molecule has 0 aromatic heterocycles. The van der Waals surface area contributed by atoms with E-state index in [-0.39, 0.29) is 24.7 Å². The molecule has 0 radical (unpaired) electrons. The zero-order valence-corrected chi connectivity index (χ0v) is 11.1. The van der Waals surface area contributed by atoms with E-state index in [2.05, 4.69) is 0 Å². The lowest BCUT2D eigenvalue weighted by Gasteiger charge is -2.32. The van der Waals surface area contributed by atoms with Crippen molar-refractivity contribution >= 4 is 11.9 Å². The van der Waals surface area contributed by atoms with Crippen LogP contribution in [0.25, 0.3) is 0 Å². The molecule has 1 saturated carbocycles. The van der Waals surface area contributed by atoms with Crippen LogP contribution in [0.15, 0.2) is 0 Å². The number of hydrogen-bond donors (Lipinski definition) is 2. The third kappa shape index (κ3) is 4.47. The van der Waals surface area contributed by atoms with Crippen molar-refractivity contribution in [2.24, 2.45) is 11.7 Å². The van der Waals surface area contributed by atoms with Crippen LogP contribution < -0.4 is 5.73 Å². The molecule has 1 unspecified atom stereocenters. The van der Waals surface area contributed by atoms with Crippen LogP contribution in [0.5, 0.6) is 0 Å². The number of ether oxygens (including phenoxy) is 1. The zero-order chi connectivity index (χ0) is 13.8. The molecule has 0 aromatic carbocycles. The maximum absolute atomic E-state index is 12.0. The Balaban J connectivity index is 1.67. The Labute approximate surface area is 112 Å². The van der Waals surface area contributed by atoms with Gasteiger partial charge in [-0.3, -0.25) is 4.79 Å². The monoisotopic (exact) mass is 270 g/mol. The Bertz CT molecular complexity index is 336. The number of carbonyl (C=O) groups excluding carboxylic acids is 1. The summed E-state index contributed by atoms with van der Waals surface area (Å²) in [6, 6.07) is 0.00786. The van der Waals surface area contributed by atoms with Crippen LogP contribution in [-0.2, 0) is 14.3 Å². The first-order valence-corrected chi connectivity index (χ1v) is 6.93. The maximum atomic E-state index is 12.0. The zero-order valence-electron chi connectivity index (χ0n) is 11.1. The highest BCUT2D eigenvalue weighted by atomic mass is 16.5. The highest BCUT2D eigenvalue weighted by Gasteiger charge is 2.32. The van der Waals surface area contributed by atoms with Gasteiger partial charge in [0.2, 0.25) is 5.91 Å². The molecule has 3 N–H and O–H groups in total. The van der Waals surface area contributed by atoms with Gasteiger partial charge in [0.05, 0.1) is 6.10 Å². The topological polar surface area (TPSA) is 92.9 Å². The summed E-state index contributed by atoms with van der Waals surface area (Å²) in [5, 5.41) is 8.54. The molecule has 1 heterocycles. The summed E-state index contributed by atoms with van der Waals surface area (Å²) in [7, 11) is 0. The first-order valence-electron chi connectivity index (χ1n) is 6.93. The molecular weight excluding hydrogens is 248 g/mol. The molecule has 0 bridgehead atoms. The number of piperidine rings is 1. The summed E-state index contributed by atoms with van der Waals surface area (Å²) in [6.45, 7) is 1.02. The standard InChI is InChI=1S/C13H22N2O4/c14-11(9-1-2-9)7-12(16)15-5-3-10(4-6-15)19-8-13(17)18/h9-11H,1-8,14H2,(H,17,18). The van der Waals surface area contributed by atoms with Crippen molar-refractivity contribution in [3.63, 3.8) is 0 Å². The Morgan fingerprint density at radius 1 is 1.26 bits per heavy atom. The number of rotatable bonds is 6. The molecule has 6 nitrogen and oxygen atoms in total. The summed E-state index contributed by atoms with van der Waals surface area (Å²) in [5.41, 5.74) is 5.96. The van der Waals surface area contributed by atoms with Crippen LogP contribution in [0.2, 0.25) is 0 Å². The van der Waals surface area contributed by atoms with Gasteiger partial charge in [0.1, 0.15) is 6.61 Å². The third-order valence-electron chi connectivity index (χ3n) is 3.88. The summed E-state index contributed by atoms with van der Waals surface area (Å²) in [6.07, 6.45) is 4.11. The van der Waals surface area contributed by atoms with E-state index in [1.807, 2.05) is 4.90 Å². The quantitative estimate of drug-likeness (QED) is 0.719. The number of carbonyl (C=O) groups is 2. The molecular formula is C13H22N2O4. The van der Waals surface area contributed by atoms with Crippen LogP contribution in [0.4, 0.5) is 0 Å². The summed E-state index contributed by atoms with van der Waals surface area (Å²) >= 11 is 0. The van der Waals surface area contributed by atoms with Crippen LogP contribution in [0.1, 0.15) is 32.1 Å². The van der Waals surface area contributed by atoms with Crippen LogP contribution in [0, 0.1) is 5.92 Å². The average molecular weight is 270 g/mol. The van der Waals surface area contributed by atoms with Gasteiger partial charge in [-0.1, -0.05) is 0 Å². The minimum Gasteiger partial charge on any atom is -0.480 e. The van der Waals surface area contributed by atoms with Crippen molar-refractivity contribution in [3.05, 3.63) is 0 Å². The highest BCUT2D eigenvalue weighted by molar-refractivity contribution is 5.77. The summed E-state index contributed by atoms with van der Waals surface area (Å²) < 4.78 is 5.24. The molecule has 2 fully saturated rings. The van der Waals surface area contributed by atoms with Gasteiger partial charge in [-0.15, -0.1) is 0 Å². The Hall–Kier alpha value is -1.14. The largest absolute Gasteiger partial charge is 0.480 e. The van der Waals surface area contributed by atoms with Crippen molar-refractivity contribution < 1.29 is 19.4 Å². The van der Waals surface area contributed by atoms with E-state index in [1.54, 1.807) is 0 Å². The number of carboxylic acid groups (broad SMARTS) is 1. The highest BCUT2D eigenvalue weighted by Crippen LogP contribution is 2.33. The van der Waals surface area contributed by atoms with E-state index >= 15 is 0 Å². The summed E-state index contributed by atoms with van der Waals surface area (Å²) in [4.78, 5) is 24.2. The molecule has 6 heteroatoms. The second kappa shape index (κ2) is 6.34. The van der Waals surface area contributed by atoms with E-state index in [1.165, 1.54) is 0 Å². The predicted molar refractivity (Wildman–Crippen MR) is 68.5 cm³/mol. The molecule has 19 heavy (non-hydrogen) atoms. The van der Waals surface area contributed by atoms with Crippen LogP contribution in [0.3, 0.4) is 0 Å². The number of amides is 1. The van der Waals surface area contributed by atoms with Gasteiger partial charge in [0.25, 0.3) is 0 Å². The van der Waals surface area contributed by atoms with Gasteiger partial charge in [0, 0.05) is 25.6 Å². The second-order valence-corrected chi connectivity index (χ2v) is 5.49. The molecule has 2 aliphatic rings. The van der Waals surface area contributed by atoms with Gasteiger partial charge in [0.15, 0.2) is 0 Å². The SMILES string of the molecule is NC(CC(=O)N1CCC(OCC(=O)O)CC1)C1CC1. The minimum atomic E-state index is -0.950. The van der Waals surface area contributed by atoms with Crippen LogP contribution >= 0.6 is 0 Å². The molecule has 0 spiro atoms. The number of carboxylic acids is 1. The molecule has 108 valence electrons. The van der Waals surface area contributed by atoms with Gasteiger partial charge >= 0.3 is 5.97 Å². The van der Waals surface area contributed by atoms with Gasteiger partial charge in [-0.25, -0.2) is 4.79 Å². The fourth-order valence-corrected chi connectivity index (χ4v) is 2.48. The number of nitrogens with two attached hydrogens (primary N) is 1. The Morgan fingerprint density at radius 3 is 2.42 bits per heavy atom. The van der Waals surface area contributed by atoms with E-state index in [4.69, 9.17) is 15.6 Å². The Kier molecular flexibility index (Phi) is 4.76. The fraction of sp³-hybridized carbons (Fsp3) is 0.846. The maximum Gasteiger partial charge on any atom is 0.329 e. The number of hydrogen-bond acceptors (Lipinski definition) is 4. The smallest absolute Gasteiger partial charge is 0.329 e. The van der Waals surface area contributed by atoms with Gasteiger partial charge < -0.3 is 20.5 Å². The molecule has 1 amide bonds. The molecule has 1 aliphatic carbocycles. The van der Waals surface area contributed by atoms with Gasteiger partial charge in [-0.2, -0.15) is 0 Å². The molecule has 0 aromatic rings. The lowest BCUT2D eigenvalue weighted by Crippen LogP contribution is -2.43. The van der Waals surface area contributed by atoms with Crippen molar-refractivity contribution in [3.8, 4) is 0 Å². The molecule has 1 atom stereocenters. The number of likely N-dealkylation sites (tertiary alicyclic amines) is 1. The third-order valence-corrected chi connectivity index (χ3v) is 3.88. The molecule has 2 rings (SSSR count). The predicted octanol–water partition coefficient (Wildman–Crippen LogP) is 0.206. The lowest BCUT2D eigenvalue weighted by atomic mass is 10.1. The van der Waals surface area contributed by atoms with E-state index < -0.39 is 5.97 Å². The van der Waals surface area contributed by atoms with Crippen molar-refractivity contribution in [1.82, 2.24) is 4.90 Å². The first kappa shape index (κ1) is 14.3. The van der Waals surface area contributed by atoms with Crippen LogP contribution in [-0.4, -0.2) is 53.7 Å². The minimum absolute atomic E-state index is 0.00786. The summed E-state index contributed by atoms with van der Waals surface area (Å²) in [5.74, 6) is -0.287. The van der Waals surface area contributed by atoms with E-state index in [0.717, 1.165) is 12.8 Å². The Morgan fingerprint density at radius 2 is 1.89 bits per heavy atom. The van der Waals surface area contributed by atoms with E-state index in [9.17, 15) is 9.59 Å². The second-order valence-electron chi connectivity index (χ2n) is 5.49. The molecule has 1 aliphatic heterocycles. The van der Waals surface area contributed by atoms with E-state index in [0.29, 0.717) is 38.3 Å². The number of nitrogens with zero attached hydrogens (tertiary/aromatic N) is 1. The normalized spacial score (nSPS) is 22.3. The van der Waals surface area contributed by atoms with Gasteiger partial charge in [-0.05, 0) is 31.6 Å². The fourth-order valence-electron chi connectivity index (χ4n) is 2.48. The average Bonchev–Trinajstić information content (AvgIpc) is 3.21.